The minimum Gasteiger partial charge on any atom is -0.345 e. The molecule has 0 heterocycles. The van der Waals surface area contributed by atoms with E-state index in [1.54, 1.807) is 26.2 Å². The number of nitrogens with one attached hydrogen (secondary N) is 1. The number of benzene rings is 1. The lowest BCUT2D eigenvalue weighted by molar-refractivity contribution is -0.119. The highest BCUT2D eigenvalue weighted by molar-refractivity contribution is 5.99. The summed E-state index contributed by atoms with van der Waals surface area (Å²) in [5, 5.41) is 2.82. The van der Waals surface area contributed by atoms with Gasteiger partial charge in [-0.2, -0.15) is 0 Å². The van der Waals surface area contributed by atoms with Crippen molar-refractivity contribution in [3.05, 3.63) is 29.3 Å². The van der Waals surface area contributed by atoms with Crippen molar-refractivity contribution in [2.24, 2.45) is 11.1 Å². The highest BCUT2D eigenvalue weighted by Crippen LogP contribution is 2.21. The summed E-state index contributed by atoms with van der Waals surface area (Å²) in [4.78, 5) is 25.7. The largest absolute Gasteiger partial charge is 0.345 e. The molecule has 0 aliphatic heterocycles. The summed E-state index contributed by atoms with van der Waals surface area (Å²) in [5.41, 5.74) is 7.67. The average Bonchev–Trinajstić information content (AvgIpc) is 2.38. The highest BCUT2D eigenvalue weighted by Gasteiger charge is 2.27. The molecular formula is C16H25N3O2. The fourth-order valence-electron chi connectivity index (χ4n) is 1.75. The molecule has 1 rings (SSSR count). The van der Waals surface area contributed by atoms with Gasteiger partial charge in [-0.05, 0) is 30.0 Å². The molecule has 3 N–H and O–H groups in total. The van der Waals surface area contributed by atoms with Gasteiger partial charge in [0, 0.05) is 25.3 Å². The first kappa shape index (κ1) is 17.2. The number of anilines is 1. The topological polar surface area (TPSA) is 75.4 Å². The van der Waals surface area contributed by atoms with Gasteiger partial charge in [-0.25, -0.2) is 0 Å². The fourth-order valence-corrected chi connectivity index (χ4v) is 1.75. The maximum atomic E-state index is 12.2. The SMILES string of the molecule is Cc1ccc(C(=O)N(C)C)cc1NC(=O)[C@H](N)C(C)(C)C. The monoisotopic (exact) mass is 291 g/mol. The van der Waals surface area contributed by atoms with E-state index >= 15 is 0 Å². The molecule has 0 aromatic heterocycles. The van der Waals surface area contributed by atoms with E-state index in [4.69, 9.17) is 5.73 Å². The first-order valence-electron chi connectivity index (χ1n) is 6.92. The Kier molecular flexibility index (Phi) is 5.12. The van der Waals surface area contributed by atoms with Crippen molar-refractivity contribution in [1.29, 1.82) is 0 Å². The second-order valence-electron chi connectivity index (χ2n) is 6.56. The lowest BCUT2D eigenvalue weighted by atomic mass is 9.87. The number of hydrogen-bond donors (Lipinski definition) is 2. The summed E-state index contributed by atoms with van der Waals surface area (Å²) in [6.07, 6.45) is 0. The van der Waals surface area contributed by atoms with Crippen LogP contribution in [0.3, 0.4) is 0 Å². The van der Waals surface area contributed by atoms with Gasteiger partial charge in [0.25, 0.3) is 5.91 Å². The quantitative estimate of drug-likeness (QED) is 0.894. The van der Waals surface area contributed by atoms with Gasteiger partial charge in [-0.1, -0.05) is 26.8 Å². The van der Waals surface area contributed by atoms with Crippen LogP contribution in [0.15, 0.2) is 18.2 Å². The van der Waals surface area contributed by atoms with Gasteiger partial charge >= 0.3 is 0 Å². The van der Waals surface area contributed by atoms with Gasteiger partial charge in [-0.15, -0.1) is 0 Å². The third-order valence-electron chi connectivity index (χ3n) is 3.36. The van der Waals surface area contributed by atoms with Crippen LogP contribution < -0.4 is 11.1 Å². The number of amides is 2. The molecule has 116 valence electrons. The second kappa shape index (κ2) is 6.26. The van der Waals surface area contributed by atoms with E-state index in [1.807, 2.05) is 33.8 Å². The Morgan fingerprint density at radius 1 is 1.24 bits per heavy atom. The summed E-state index contributed by atoms with van der Waals surface area (Å²) in [7, 11) is 3.38. The molecule has 2 amide bonds. The molecule has 1 aromatic rings. The molecule has 21 heavy (non-hydrogen) atoms. The molecule has 0 saturated carbocycles. The highest BCUT2D eigenvalue weighted by atomic mass is 16.2. The number of carbonyl (C=O) groups excluding carboxylic acids is 2. The molecule has 0 radical (unpaired) electrons. The molecule has 0 bridgehead atoms. The van der Waals surface area contributed by atoms with Crippen LogP contribution in [0.25, 0.3) is 0 Å². The van der Waals surface area contributed by atoms with Gasteiger partial charge in [0.05, 0.1) is 6.04 Å². The molecule has 0 spiro atoms. The van der Waals surface area contributed by atoms with E-state index in [0.717, 1.165) is 5.56 Å². The zero-order valence-electron chi connectivity index (χ0n) is 13.7. The van der Waals surface area contributed by atoms with Crippen LogP contribution in [-0.4, -0.2) is 36.9 Å². The van der Waals surface area contributed by atoms with Crippen molar-refractivity contribution < 1.29 is 9.59 Å². The lowest BCUT2D eigenvalue weighted by Crippen LogP contribution is -2.45. The average molecular weight is 291 g/mol. The standard InChI is InChI=1S/C16H25N3O2/c1-10-7-8-11(15(21)19(5)6)9-12(10)18-14(20)13(17)16(2,3)4/h7-9,13H,17H2,1-6H3,(H,18,20)/t13-/m0/s1. The van der Waals surface area contributed by atoms with E-state index < -0.39 is 6.04 Å². The molecule has 1 aromatic carbocycles. The predicted molar refractivity (Wildman–Crippen MR) is 85.3 cm³/mol. The Morgan fingerprint density at radius 3 is 2.29 bits per heavy atom. The number of carbonyl (C=O) groups is 2. The second-order valence-corrected chi connectivity index (χ2v) is 6.56. The lowest BCUT2D eigenvalue weighted by Gasteiger charge is -2.26. The minimum atomic E-state index is -0.620. The van der Waals surface area contributed by atoms with Gasteiger partial charge in [0.2, 0.25) is 5.91 Å². The third kappa shape index (κ3) is 4.29. The molecule has 0 aliphatic rings. The number of hydrogen-bond acceptors (Lipinski definition) is 3. The van der Waals surface area contributed by atoms with Crippen LogP contribution in [0.4, 0.5) is 5.69 Å². The maximum absolute atomic E-state index is 12.2. The Balaban J connectivity index is 3.01. The van der Waals surface area contributed by atoms with Crippen molar-refractivity contribution in [2.75, 3.05) is 19.4 Å². The van der Waals surface area contributed by atoms with Crippen LogP contribution in [0.5, 0.6) is 0 Å². The zero-order valence-corrected chi connectivity index (χ0v) is 13.7. The van der Waals surface area contributed by atoms with Crippen LogP contribution in [0.2, 0.25) is 0 Å². The molecular weight excluding hydrogens is 266 g/mol. The molecule has 0 saturated heterocycles. The molecule has 0 fully saturated rings. The van der Waals surface area contributed by atoms with Gasteiger partial charge in [-0.3, -0.25) is 9.59 Å². The smallest absolute Gasteiger partial charge is 0.253 e. The van der Waals surface area contributed by atoms with Crippen LogP contribution in [0, 0.1) is 12.3 Å². The summed E-state index contributed by atoms with van der Waals surface area (Å²) in [6.45, 7) is 7.62. The van der Waals surface area contributed by atoms with Crippen molar-refractivity contribution in [2.45, 2.75) is 33.7 Å². The van der Waals surface area contributed by atoms with E-state index in [2.05, 4.69) is 5.32 Å². The Hall–Kier alpha value is -1.88. The molecule has 5 nitrogen and oxygen atoms in total. The van der Waals surface area contributed by atoms with Crippen molar-refractivity contribution >= 4 is 17.5 Å². The van der Waals surface area contributed by atoms with E-state index in [0.29, 0.717) is 11.3 Å². The number of nitrogens with two attached hydrogens (primary N) is 1. The van der Waals surface area contributed by atoms with E-state index in [-0.39, 0.29) is 17.2 Å². The summed E-state index contributed by atoms with van der Waals surface area (Å²) in [5.74, 6) is -0.356. The summed E-state index contributed by atoms with van der Waals surface area (Å²) in [6, 6.07) is 4.63. The molecule has 0 aliphatic carbocycles. The molecule has 1 atom stereocenters. The Bertz CT molecular complexity index is 545. The predicted octanol–water partition coefficient (Wildman–Crippen LogP) is 2.01. The van der Waals surface area contributed by atoms with Crippen LogP contribution >= 0.6 is 0 Å². The summed E-state index contributed by atoms with van der Waals surface area (Å²) >= 11 is 0. The maximum Gasteiger partial charge on any atom is 0.253 e. The Morgan fingerprint density at radius 2 is 1.81 bits per heavy atom. The number of rotatable bonds is 3. The van der Waals surface area contributed by atoms with Gasteiger partial charge in [0.1, 0.15) is 0 Å². The van der Waals surface area contributed by atoms with Crippen LogP contribution in [-0.2, 0) is 4.79 Å². The van der Waals surface area contributed by atoms with E-state index in [9.17, 15) is 9.59 Å². The van der Waals surface area contributed by atoms with Crippen molar-refractivity contribution in [3.63, 3.8) is 0 Å². The normalized spacial score (nSPS) is 12.7. The van der Waals surface area contributed by atoms with Crippen molar-refractivity contribution in [3.8, 4) is 0 Å². The fraction of sp³-hybridized carbons (Fsp3) is 0.500. The first-order chi connectivity index (χ1) is 9.54. The first-order valence-corrected chi connectivity index (χ1v) is 6.92. The minimum absolute atomic E-state index is 0.106. The number of aryl methyl sites for hydroxylation is 1. The van der Waals surface area contributed by atoms with Crippen LogP contribution in [0.1, 0.15) is 36.7 Å². The Labute approximate surface area is 126 Å². The number of nitrogens with zero attached hydrogens (tertiary/aromatic N) is 1. The van der Waals surface area contributed by atoms with Gasteiger partial charge < -0.3 is 16.0 Å². The molecule has 0 unspecified atom stereocenters. The van der Waals surface area contributed by atoms with E-state index in [1.165, 1.54) is 4.90 Å². The molecule has 5 heteroatoms. The summed E-state index contributed by atoms with van der Waals surface area (Å²) < 4.78 is 0. The zero-order chi connectivity index (χ0) is 16.4. The third-order valence-corrected chi connectivity index (χ3v) is 3.36. The van der Waals surface area contributed by atoms with Crippen molar-refractivity contribution in [1.82, 2.24) is 4.90 Å². The van der Waals surface area contributed by atoms with Gasteiger partial charge in [0.15, 0.2) is 0 Å².